The molecule has 1 aliphatic heterocycles. The van der Waals surface area contributed by atoms with E-state index in [1.807, 2.05) is 0 Å². The third kappa shape index (κ3) is 6.08. The van der Waals surface area contributed by atoms with Crippen molar-refractivity contribution in [1.82, 2.24) is 0 Å². The zero-order valence-electron chi connectivity index (χ0n) is 15.9. The number of carbonyl (C=O) groups is 1. The number of aryl methyl sites for hydroxylation is 1. The van der Waals surface area contributed by atoms with Gasteiger partial charge in [-0.1, -0.05) is 20.8 Å². The van der Waals surface area contributed by atoms with Gasteiger partial charge < -0.3 is 9.11 Å². The molecule has 0 spiro atoms. The molecule has 0 bridgehead atoms. The Morgan fingerprint density at radius 2 is 1.48 bits per heavy atom. The molecule has 0 saturated heterocycles. The van der Waals surface area contributed by atoms with Crippen LogP contribution in [0.25, 0.3) is 0 Å². The van der Waals surface area contributed by atoms with Crippen molar-refractivity contribution in [1.29, 1.82) is 0 Å². The molecule has 27 heavy (non-hydrogen) atoms. The van der Waals surface area contributed by atoms with Crippen molar-refractivity contribution in [2.75, 3.05) is 5.01 Å². The van der Waals surface area contributed by atoms with Gasteiger partial charge in [-0.25, -0.2) is 16.8 Å². The van der Waals surface area contributed by atoms with E-state index in [1.165, 1.54) is 6.92 Å². The topological polar surface area (TPSA) is 147 Å². The number of benzene rings is 1. The molecule has 0 unspecified atom stereocenters. The molecule has 0 aliphatic carbocycles. The zero-order chi connectivity index (χ0) is 19.4. The molecule has 0 aromatic heterocycles. The van der Waals surface area contributed by atoms with Crippen LogP contribution in [0.15, 0.2) is 27.0 Å². The van der Waals surface area contributed by atoms with Crippen molar-refractivity contribution >= 4 is 37.5 Å². The summed E-state index contributed by atoms with van der Waals surface area (Å²) in [5.41, 5.74) is -0.822. The second kappa shape index (κ2) is 8.90. The molecular formula is C14H16N2Na2O7S2. The summed E-state index contributed by atoms with van der Waals surface area (Å²) >= 11 is 0. The fourth-order valence-electron chi connectivity index (χ4n) is 2.32. The van der Waals surface area contributed by atoms with Crippen LogP contribution < -0.4 is 64.1 Å². The van der Waals surface area contributed by atoms with Gasteiger partial charge in [-0.05, 0) is 24.6 Å². The minimum atomic E-state index is -5.04. The maximum Gasteiger partial charge on any atom is 1.00 e. The first kappa shape index (κ1) is 27.2. The van der Waals surface area contributed by atoms with E-state index in [9.17, 15) is 30.7 Å². The van der Waals surface area contributed by atoms with E-state index in [0.717, 1.165) is 6.07 Å². The Morgan fingerprint density at radius 1 is 1.00 bits per heavy atom. The molecule has 1 amide bonds. The van der Waals surface area contributed by atoms with Crippen LogP contribution >= 0.6 is 0 Å². The first-order valence-electron chi connectivity index (χ1n) is 7.10. The quantitative estimate of drug-likeness (QED) is 0.342. The number of hydrogen-bond donors (Lipinski definition) is 0. The number of hydrogen-bond acceptors (Lipinski definition) is 8. The van der Waals surface area contributed by atoms with Crippen LogP contribution in [-0.4, -0.2) is 37.6 Å². The summed E-state index contributed by atoms with van der Waals surface area (Å²) in [7, 11) is -9.98. The predicted molar refractivity (Wildman–Crippen MR) is 86.1 cm³/mol. The molecule has 1 aliphatic rings. The van der Waals surface area contributed by atoms with E-state index in [4.69, 9.17) is 0 Å². The molecule has 13 heteroatoms. The Balaban J connectivity index is 0.00000338. The summed E-state index contributed by atoms with van der Waals surface area (Å²) in [5, 5.41) is 4.70. The van der Waals surface area contributed by atoms with E-state index in [-0.39, 0.29) is 71.1 Å². The van der Waals surface area contributed by atoms with Gasteiger partial charge >= 0.3 is 59.1 Å². The Kier molecular flexibility index (Phi) is 8.96. The number of hydrazone groups is 1. The molecule has 0 saturated carbocycles. The fraction of sp³-hybridized carbons (Fsp3) is 0.429. The Labute approximate surface area is 202 Å². The monoisotopic (exact) mass is 434 g/mol. The second-order valence-electron chi connectivity index (χ2n) is 6.67. The maximum absolute atomic E-state index is 12.2. The summed E-state index contributed by atoms with van der Waals surface area (Å²) in [6.45, 7) is 6.54. The van der Waals surface area contributed by atoms with Crippen molar-refractivity contribution in [3.8, 4) is 0 Å². The summed E-state index contributed by atoms with van der Waals surface area (Å²) in [5.74, 6) is -0.632. The van der Waals surface area contributed by atoms with Crippen molar-refractivity contribution in [2.45, 2.75) is 43.9 Å². The van der Waals surface area contributed by atoms with E-state index >= 15 is 0 Å². The van der Waals surface area contributed by atoms with Gasteiger partial charge in [0.05, 0.1) is 27.6 Å². The number of nitrogens with zero attached hydrogens (tertiary/aromatic N) is 2. The second-order valence-corrected chi connectivity index (χ2v) is 9.37. The van der Waals surface area contributed by atoms with Gasteiger partial charge in [0.15, 0.2) is 0 Å². The molecule has 9 nitrogen and oxygen atoms in total. The molecular weight excluding hydrogens is 418 g/mol. The number of rotatable bonds is 3. The van der Waals surface area contributed by atoms with Gasteiger partial charge in [0.2, 0.25) is 0 Å². The third-order valence-electron chi connectivity index (χ3n) is 3.66. The Hall–Kier alpha value is 0.180. The van der Waals surface area contributed by atoms with Crippen molar-refractivity contribution in [2.24, 2.45) is 10.5 Å². The van der Waals surface area contributed by atoms with Gasteiger partial charge in [-0.3, -0.25) is 4.79 Å². The van der Waals surface area contributed by atoms with Gasteiger partial charge in [0.1, 0.15) is 20.2 Å². The molecule has 0 N–H and O–H groups in total. The molecule has 1 aromatic rings. The van der Waals surface area contributed by atoms with E-state index in [2.05, 4.69) is 5.10 Å². The molecule has 1 heterocycles. The largest absolute Gasteiger partial charge is 1.00 e. The van der Waals surface area contributed by atoms with Crippen LogP contribution in [0.5, 0.6) is 0 Å². The SMILES string of the molecule is Cc1cc(S(=O)(=O)[O-])c(N2N=C(C(C)(C)C)CC2=O)cc1S(=O)(=O)[O-].[Na+].[Na+]. The minimum Gasteiger partial charge on any atom is -0.744 e. The zero-order valence-corrected chi connectivity index (χ0v) is 21.6. The average molecular weight is 434 g/mol. The number of carbonyl (C=O) groups excluding carboxylic acids is 1. The first-order chi connectivity index (χ1) is 11.1. The summed E-state index contributed by atoms with van der Waals surface area (Å²) in [6.07, 6.45) is -0.116. The molecule has 138 valence electrons. The fourth-order valence-corrected chi connectivity index (χ4v) is 3.75. The van der Waals surface area contributed by atoms with Crippen molar-refractivity contribution < 1.29 is 89.9 Å². The van der Waals surface area contributed by atoms with Crippen LogP contribution in [0.4, 0.5) is 5.69 Å². The van der Waals surface area contributed by atoms with Gasteiger partial charge in [-0.2, -0.15) is 10.1 Å². The normalized spacial score (nSPS) is 15.1. The van der Waals surface area contributed by atoms with Crippen molar-refractivity contribution in [3.63, 3.8) is 0 Å². The molecule has 0 atom stereocenters. The smallest absolute Gasteiger partial charge is 0.744 e. The van der Waals surface area contributed by atoms with E-state index in [0.29, 0.717) is 16.8 Å². The first-order valence-corrected chi connectivity index (χ1v) is 9.91. The Morgan fingerprint density at radius 3 is 1.85 bits per heavy atom. The number of amides is 1. The van der Waals surface area contributed by atoms with Gasteiger partial charge in [-0.15, -0.1) is 0 Å². The van der Waals surface area contributed by atoms with Crippen LogP contribution in [0, 0.1) is 12.3 Å². The molecule has 0 fully saturated rings. The average Bonchev–Trinajstić information content (AvgIpc) is 2.78. The van der Waals surface area contributed by atoms with Crippen molar-refractivity contribution in [3.05, 3.63) is 17.7 Å². The molecule has 2 rings (SSSR count). The van der Waals surface area contributed by atoms with E-state index in [1.54, 1.807) is 20.8 Å². The molecule has 0 radical (unpaired) electrons. The van der Waals surface area contributed by atoms with Gasteiger partial charge in [0.25, 0.3) is 5.91 Å². The summed E-state index contributed by atoms with van der Waals surface area (Å²) < 4.78 is 68.7. The third-order valence-corrected chi connectivity index (χ3v) is 5.51. The summed E-state index contributed by atoms with van der Waals surface area (Å²) in [4.78, 5) is 10.7. The predicted octanol–water partition coefficient (Wildman–Crippen LogP) is -5.05. The van der Waals surface area contributed by atoms with Gasteiger partial charge in [0, 0.05) is 5.41 Å². The van der Waals surface area contributed by atoms with Crippen LogP contribution in [0.1, 0.15) is 32.8 Å². The number of anilines is 1. The maximum atomic E-state index is 12.2. The van der Waals surface area contributed by atoms with Crippen LogP contribution in [-0.2, 0) is 25.0 Å². The summed E-state index contributed by atoms with van der Waals surface area (Å²) in [6, 6.07) is 1.47. The standard InChI is InChI=1S/C14H18N2O7S2.2Na/c1-8-5-11(25(21,22)23)9(6-10(8)24(18,19)20)16-13(17)7-12(15-16)14(2,3)4;;/h5-6H,7H2,1-4H3,(H,18,19,20)(H,21,22,23);;/q;2*+1/p-2. The van der Waals surface area contributed by atoms with Crippen LogP contribution in [0.2, 0.25) is 0 Å². The molecule has 1 aromatic carbocycles. The van der Waals surface area contributed by atoms with Crippen LogP contribution in [0.3, 0.4) is 0 Å². The minimum absolute atomic E-state index is 0. The van der Waals surface area contributed by atoms with E-state index < -0.39 is 47.0 Å². The Bertz CT molecular complexity index is 997.